The van der Waals surface area contributed by atoms with Crippen LogP contribution >= 0.6 is 0 Å². The summed E-state index contributed by atoms with van der Waals surface area (Å²) < 4.78 is 43.6. The zero-order valence-corrected chi connectivity index (χ0v) is 22.9. The van der Waals surface area contributed by atoms with E-state index >= 15 is 0 Å². The topological polar surface area (TPSA) is 90.9 Å². The van der Waals surface area contributed by atoms with Gasteiger partial charge in [0.1, 0.15) is 19.0 Å². The fourth-order valence-electron chi connectivity index (χ4n) is 3.19. The van der Waals surface area contributed by atoms with Crippen molar-refractivity contribution < 1.29 is 42.7 Å². The fraction of sp³-hybridized carbons (Fsp3) is 0.750. The molecule has 0 spiro atoms. The number of hydrogen-bond acceptors (Lipinski definition) is 9. The Morgan fingerprint density at radius 1 is 0.622 bits per heavy atom. The van der Waals surface area contributed by atoms with Gasteiger partial charge in [-0.1, -0.05) is 44.9 Å². The summed E-state index contributed by atoms with van der Waals surface area (Å²) in [5.41, 5.74) is 0. The maximum atomic E-state index is 12.0. The van der Waals surface area contributed by atoms with E-state index in [1.165, 1.54) is 0 Å². The van der Waals surface area contributed by atoms with Gasteiger partial charge in [0, 0.05) is 0 Å². The van der Waals surface area contributed by atoms with Crippen LogP contribution in [-0.4, -0.2) is 98.5 Å². The van der Waals surface area contributed by atoms with Gasteiger partial charge in [-0.15, -0.1) is 0 Å². The van der Waals surface area contributed by atoms with Crippen molar-refractivity contribution in [1.82, 2.24) is 0 Å². The van der Waals surface area contributed by atoms with Crippen LogP contribution in [0.4, 0.5) is 0 Å². The van der Waals surface area contributed by atoms with Crippen molar-refractivity contribution >= 4 is 5.97 Å². The number of unbranched alkanes of at least 4 members (excludes halogenated alkanes) is 1. The third-order valence-corrected chi connectivity index (χ3v) is 5.30. The SMILES string of the molecule is CCCCC(CC)C(=O)OCCOCCOCCOCCOCCOCCOCCOc1ccccc1. The molecule has 9 heteroatoms. The predicted octanol–water partition coefficient (Wildman–Crippen LogP) is 3.92. The minimum absolute atomic E-state index is 0.00373. The molecule has 1 rings (SSSR count). The molecule has 1 aromatic rings. The molecule has 0 saturated heterocycles. The second kappa shape index (κ2) is 25.9. The lowest BCUT2D eigenvalue weighted by molar-refractivity contribution is -0.150. The molecule has 214 valence electrons. The van der Waals surface area contributed by atoms with Crippen LogP contribution in [0.2, 0.25) is 0 Å². The minimum Gasteiger partial charge on any atom is -0.491 e. The summed E-state index contributed by atoms with van der Waals surface area (Å²) in [5, 5.41) is 0. The Labute approximate surface area is 223 Å². The highest BCUT2D eigenvalue weighted by atomic mass is 16.6. The van der Waals surface area contributed by atoms with Gasteiger partial charge in [0.25, 0.3) is 0 Å². The Morgan fingerprint density at radius 3 is 1.49 bits per heavy atom. The van der Waals surface area contributed by atoms with Crippen molar-refractivity contribution in [3.63, 3.8) is 0 Å². The van der Waals surface area contributed by atoms with E-state index in [2.05, 4.69) is 6.92 Å². The van der Waals surface area contributed by atoms with Crippen molar-refractivity contribution in [2.24, 2.45) is 5.92 Å². The van der Waals surface area contributed by atoms with Crippen molar-refractivity contribution in [2.75, 3.05) is 92.5 Å². The van der Waals surface area contributed by atoms with E-state index in [0.29, 0.717) is 85.9 Å². The van der Waals surface area contributed by atoms with Crippen molar-refractivity contribution in [3.8, 4) is 5.75 Å². The predicted molar refractivity (Wildman–Crippen MR) is 141 cm³/mol. The van der Waals surface area contributed by atoms with Gasteiger partial charge >= 0.3 is 5.97 Å². The van der Waals surface area contributed by atoms with Crippen molar-refractivity contribution in [1.29, 1.82) is 0 Å². The zero-order chi connectivity index (χ0) is 26.7. The Kier molecular flexibility index (Phi) is 23.3. The molecule has 0 saturated carbocycles. The second-order valence-corrected chi connectivity index (χ2v) is 8.25. The molecule has 9 nitrogen and oxygen atoms in total. The van der Waals surface area contributed by atoms with Crippen LogP contribution in [0.1, 0.15) is 39.5 Å². The molecule has 0 amide bonds. The third kappa shape index (κ3) is 20.9. The number of para-hydroxylation sites is 1. The van der Waals surface area contributed by atoms with Crippen LogP contribution in [0.5, 0.6) is 5.75 Å². The van der Waals surface area contributed by atoms with Crippen molar-refractivity contribution in [3.05, 3.63) is 30.3 Å². The molecule has 0 aromatic heterocycles. The molecule has 37 heavy (non-hydrogen) atoms. The molecule has 0 aliphatic carbocycles. The average molecular weight is 529 g/mol. The van der Waals surface area contributed by atoms with Crippen LogP contribution in [0.25, 0.3) is 0 Å². The number of carbonyl (C=O) groups is 1. The summed E-state index contributed by atoms with van der Waals surface area (Å²) in [6.07, 6.45) is 3.86. The summed E-state index contributed by atoms with van der Waals surface area (Å²) in [6.45, 7) is 10.9. The number of ether oxygens (including phenoxy) is 8. The molecule has 0 bridgehead atoms. The van der Waals surface area contributed by atoms with E-state index in [-0.39, 0.29) is 18.5 Å². The highest BCUT2D eigenvalue weighted by Gasteiger charge is 2.16. The first-order valence-corrected chi connectivity index (χ1v) is 13.6. The summed E-state index contributed by atoms with van der Waals surface area (Å²) in [7, 11) is 0. The standard InChI is InChI=1S/C28H48O9/c1-3-5-9-26(4-2)28(29)37-25-23-35-21-19-33-17-15-31-13-12-30-14-16-32-18-20-34-22-24-36-27-10-7-6-8-11-27/h6-8,10-11,26H,3-5,9,12-25H2,1-2H3. The monoisotopic (exact) mass is 528 g/mol. The first-order chi connectivity index (χ1) is 18.3. The van der Waals surface area contributed by atoms with Crippen LogP contribution in [0.3, 0.4) is 0 Å². The number of carbonyl (C=O) groups excluding carboxylic acids is 1. The third-order valence-electron chi connectivity index (χ3n) is 5.30. The number of rotatable bonds is 27. The van der Waals surface area contributed by atoms with Crippen LogP contribution in [0.15, 0.2) is 30.3 Å². The minimum atomic E-state index is -0.115. The molecule has 1 atom stereocenters. The van der Waals surface area contributed by atoms with Crippen LogP contribution in [-0.2, 0) is 38.0 Å². The van der Waals surface area contributed by atoms with Gasteiger partial charge in [0.05, 0.1) is 85.2 Å². The first kappa shape index (κ1) is 33.3. The highest BCUT2D eigenvalue weighted by Crippen LogP contribution is 2.14. The van der Waals surface area contributed by atoms with Crippen molar-refractivity contribution in [2.45, 2.75) is 39.5 Å². The molecule has 0 fully saturated rings. The molecule has 1 unspecified atom stereocenters. The van der Waals surface area contributed by atoms with Crippen LogP contribution < -0.4 is 4.74 Å². The lowest BCUT2D eigenvalue weighted by Crippen LogP contribution is -2.20. The maximum Gasteiger partial charge on any atom is 0.308 e. The summed E-state index contributed by atoms with van der Waals surface area (Å²) >= 11 is 0. The summed E-state index contributed by atoms with van der Waals surface area (Å²) in [4.78, 5) is 12.0. The average Bonchev–Trinajstić information content (AvgIpc) is 2.92. The van der Waals surface area contributed by atoms with E-state index in [9.17, 15) is 4.79 Å². The maximum absolute atomic E-state index is 12.0. The van der Waals surface area contributed by atoms with Gasteiger partial charge in [-0.2, -0.15) is 0 Å². The molecule has 0 aliphatic rings. The van der Waals surface area contributed by atoms with Gasteiger partial charge in [0.15, 0.2) is 0 Å². The Hall–Kier alpha value is -1.75. The molecule has 1 aromatic carbocycles. The number of benzene rings is 1. The molecular weight excluding hydrogens is 480 g/mol. The molecule has 0 heterocycles. The molecular formula is C28H48O9. The van der Waals surface area contributed by atoms with Gasteiger partial charge in [-0.05, 0) is 25.0 Å². The van der Waals surface area contributed by atoms with E-state index < -0.39 is 0 Å². The first-order valence-electron chi connectivity index (χ1n) is 13.6. The zero-order valence-electron chi connectivity index (χ0n) is 22.9. The normalized spacial score (nSPS) is 11.9. The Morgan fingerprint density at radius 2 is 1.05 bits per heavy atom. The lowest BCUT2D eigenvalue weighted by Gasteiger charge is -2.13. The Bertz CT molecular complexity index is 615. The quantitative estimate of drug-likeness (QED) is 0.124. The van der Waals surface area contributed by atoms with Gasteiger partial charge in [0.2, 0.25) is 0 Å². The summed E-state index contributed by atoms with van der Waals surface area (Å²) in [6, 6.07) is 9.66. The summed E-state index contributed by atoms with van der Waals surface area (Å²) in [5.74, 6) is 0.733. The van der Waals surface area contributed by atoms with E-state index in [0.717, 1.165) is 31.4 Å². The number of esters is 1. The van der Waals surface area contributed by atoms with Gasteiger partial charge in [-0.3, -0.25) is 4.79 Å². The smallest absolute Gasteiger partial charge is 0.308 e. The Balaban J connectivity index is 1.71. The molecule has 0 N–H and O–H groups in total. The van der Waals surface area contributed by atoms with Gasteiger partial charge in [-0.25, -0.2) is 0 Å². The van der Waals surface area contributed by atoms with Gasteiger partial charge < -0.3 is 37.9 Å². The fourth-order valence-corrected chi connectivity index (χ4v) is 3.19. The molecule has 0 radical (unpaired) electrons. The second-order valence-electron chi connectivity index (χ2n) is 8.25. The molecule has 0 aliphatic heterocycles. The van der Waals surface area contributed by atoms with E-state index in [1.54, 1.807) is 0 Å². The van der Waals surface area contributed by atoms with Crippen LogP contribution in [0, 0.1) is 5.92 Å². The highest BCUT2D eigenvalue weighted by molar-refractivity contribution is 5.72. The lowest BCUT2D eigenvalue weighted by atomic mass is 10.00. The largest absolute Gasteiger partial charge is 0.491 e. The van der Waals surface area contributed by atoms with E-state index in [1.807, 2.05) is 37.3 Å². The van der Waals surface area contributed by atoms with E-state index in [4.69, 9.17) is 37.9 Å². The number of hydrogen-bond donors (Lipinski definition) is 0.